The second-order valence-corrected chi connectivity index (χ2v) is 6.09. The number of aliphatic hydroxyl groups excluding tert-OH is 1. The van der Waals surface area contributed by atoms with Crippen LogP contribution in [0, 0.1) is 5.92 Å². The molecule has 0 amide bonds. The first-order chi connectivity index (χ1) is 7.77. The van der Waals surface area contributed by atoms with E-state index in [0.29, 0.717) is 11.3 Å². The molecule has 1 aliphatic rings. The Morgan fingerprint density at radius 3 is 2.38 bits per heavy atom. The van der Waals surface area contributed by atoms with E-state index in [0.717, 1.165) is 12.5 Å². The fraction of sp³-hybridized carbons (Fsp3) is 1.00. The van der Waals surface area contributed by atoms with E-state index in [2.05, 4.69) is 18.5 Å². The lowest BCUT2D eigenvalue weighted by molar-refractivity contribution is 0.271. The molecule has 2 N–H and O–H groups in total. The maximum Gasteiger partial charge on any atom is 0.0564 e. The summed E-state index contributed by atoms with van der Waals surface area (Å²) < 4.78 is 0. The van der Waals surface area contributed by atoms with E-state index in [1.807, 2.05) is 0 Å². The lowest BCUT2D eigenvalue weighted by Crippen LogP contribution is -2.40. The molecule has 3 heteroatoms. The van der Waals surface area contributed by atoms with E-state index in [4.69, 9.17) is 0 Å². The number of hydrogen-bond acceptors (Lipinski definition) is 3. The molecule has 0 aromatic carbocycles. The number of rotatable bonds is 6. The van der Waals surface area contributed by atoms with Crippen LogP contribution in [0.2, 0.25) is 0 Å². The molecule has 0 saturated heterocycles. The fourth-order valence-corrected chi connectivity index (χ4v) is 3.14. The Hall–Kier alpha value is 0.270. The maximum absolute atomic E-state index is 9.22. The van der Waals surface area contributed by atoms with Gasteiger partial charge in [-0.15, -0.1) is 0 Å². The number of hydrogen-bond donors (Lipinski definition) is 2. The van der Waals surface area contributed by atoms with Gasteiger partial charge < -0.3 is 10.4 Å². The van der Waals surface area contributed by atoms with Crippen LogP contribution in [0.15, 0.2) is 0 Å². The molecule has 0 aromatic rings. The summed E-state index contributed by atoms with van der Waals surface area (Å²) in [5, 5.41) is 13.2. The molecule has 16 heavy (non-hydrogen) atoms. The molecule has 1 aliphatic carbocycles. The van der Waals surface area contributed by atoms with Crippen LogP contribution in [0.1, 0.15) is 45.4 Å². The first kappa shape index (κ1) is 14.3. The van der Waals surface area contributed by atoms with Crippen molar-refractivity contribution < 1.29 is 5.11 Å². The Balaban J connectivity index is 2.21. The van der Waals surface area contributed by atoms with Crippen molar-refractivity contribution in [3.05, 3.63) is 0 Å². The largest absolute Gasteiger partial charge is 0.395 e. The molecule has 0 aromatic heterocycles. The van der Waals surface area contributed by atoms with Crippen LogP contribution in [0.5, 0.6) is 0 Å². The zero-order valence-electron chi connectivity index (χ0n) is 10.7. The molecule has 0 radical (unpaired) electrons. The molecule has 1 rings (SSSR count). The molecule has 0 heterocycles. The van der Waals surface area contributed by atoms with Gasteiger partial charge in [-0.25, -0.2) is 0 Å². The minimum atomic E-state index is 0.278. The SMILES string of the molecule is CSC(CO)C(C)NCC1CCCCCC1. The summed E-state index contributed by atoms with van der Waals surface area (Å²) in [5.74, 6) is 0.867. The third kappa shape index (κ3) is 5.07. The Bertz CT molecular complexity index is 163. The van der Waals surface area contributed by atoms with Gasteiger partial charge in [0.1, 0.15) is 0 Å². The van der Waals surface area contributed by atoms with Gasteiger partial charge in [-0.05, 0) is 38.5 Å². The quantitative estimate of drug-likeness (QED) is 0.706. The van der Waals surface area contributed by atoms with Gasteiger partial charge in [-0.2, -0.15) is 11.8 Å². The van der Waals surface area contributed by atoms with Crippen LogP contribution in [0.25, 0.3) is 0 Å². The molecule has 0 aliphatic heterocycles. The van der Waals surface area contributed by atoms with Gasteiger partial charge in [0.15, 0.2) is 0 Å². The summed E-state index contributed by atoms with van der Waals surface area (Å²) in [6.07, 6.45) is 10.5. The van der Waals surface area contributed by atoms with Crippen LogP contribution in [-0.2, 0) is 0 Å². The monoisotopic (exact) mass is 245 g/mol. The maximum atomic E-state index is 9.22. The predicted molar refractivity (Wildman–Crippen MR) is 73.0 cm³/mol. The third-order valence-corrected chi connectivity index (χ3v) is 4.91. The van der Waals surface area contributed by atoms with Crippen LogP contribution < -0.4 is 5.32 Å². The zero-order valence-corrected chi connectivity index (χ0v) is 11.6. The lowest BCUT2D eigenvalue weighted by Gasteiger charge is -2.24. The van der Waals surface area contributed by atoms with Crippen LogP contribution >= 0.6 is 11.8 Å². The fourth-order valence-electron chi connectivity index (χ4n) is 2.49. The Kier molecular flexibility index (Phi) is 7.50. The molecule has 2 unspecified atom stereocenters. The first-order valence-electron chi connectivity index (χ1n) is 6.65. The van der Waals surface area contributed by atoms with Crippen molar-refractivity contribution in [2.24, 2.45) is 5.92 Å². The number of aliphatic hydroxyl groups is 1. The first-order valence-corrected chi connectivity index (χ1v) is 7.93. The van der Waals surface area contributed by atoms with Crippen LogP contribution in [0.3, 0.4) is 0 Å². The highest BCUT2D eigenvalue weighted by Gasteiger charge is 2.17. The topological polar surface area (TPSA) is 32.3 Å². The smallest absolute Gasteiger partial charge is 0.0564 e. The van der Waals surface area contributed by atoms with Crippen molar-refractivity contribution in [2.45, 2.75) is 56.7 Å². The van der Waals surface area contributed by atoms with Crippen molar-refractivity contribution in [3.8, 4) is 0 Å². The number of thioether (sulfide) groups is 1. The van der Waals surface area contributed by atoms with Gasteiger partial charge in [-0.3, -0.25) is 0 Å². The van der Waals surface area contributed by atoms with E-state index in [9.17, 15) is 5.11 Å². The molecule has 0 spiro atoms. The highest BCUT2D eigenvalue weighted by molar-refractivity contribution is 7.99. The molecule has 2 nitrogen and oxygen atoms in total. The second-order valence-electron chi connectivity index (χ2n) is 5.01. The summed E-state index contributed by atoms with van der Waals surface area (Å²) in [5.41, 5.74) is 0. The molecule has 1 fully saturated rings. The van der Waals surface area contributed by atoms with Gasteiger partial charge in [-0.1, -0.05) is 25.7 Å². The molecule has 2 atom stereocenters. The van der Waals surface area contributed by atoms with E-state index in [1.165, 1.54) is 38.5 Å². The van der Waals surface area contributed by atoms with Crippen molar-refractivity contribution >= 4 is 11.8 Å². The van der Waals surface area contributed by atoms with Gasteiger partial charge in [0.25, 0.3) is 0 Å². The van der Waals surface area contributed by atoms with Crippen molar-refractivity contribution in [1.29, 1.82) is 0 Å². The highest BCUT2D eigenvalue weighted by atomic mass is 32.2. The minimum Gasteiger partial charge on any atom is -0.395 e. The normalized spacial score (nSPS) is 22.7. The lowest BCUT2D eigenvalue weighted by atomic mass is 10.00. The second kappa shape index (κ2) is 8.37. The number of nitrogens with one attached hydrogen (secondary N) is 1. The van der Waals surface area contributed by atoms with Crippen LogP contribution in [0.4, 0.5) is 0 Å². The molecular formula is C13H27NOS. The van der Waals surface area contributed by atoms with Crippen molar-refractivity contribution in [3.63, 3.8) is 0 Å². The summed E-state index contributed by atoms with van der Waals surface area (Å²) in [7, 11) is 0. The van der Waals surface area contributed by atoms with E-state index < -0.39 is 0 Å². The third-order valence-electron chi connectivity index (χ3n) is 3.74. The standard InChI is InChI=1S/C13H27NOS/c1-11(13(10-15)16-2)14-9-12-7-5-3-4-6-8-12/h11-15H,3-10H2,1-2H3. The predicted octanol–water partition coefficient (Wildman–Crippen LogP) is 2.66. The average molecular weight is 245 g/mol. The van der Waals surface area contributed by atoms with Crippen molar-refractivity contribution in [1.82, 2.24) is 5.32 Å². The Morgan fingerprint density at radius 2 is 1.88 bits per heavy atom. The molecule has 96 valence electrons. The Labute approximate surface area is 105 Å². The molecular weight excluding hydrogens is 218 g/mol. The summed E-state index contributed by atoms with van der Waals surface area (Å²) >= 11 is 1.76. The molecule has 0 bridgehead atoms. The summed E-state index contributed by atoms with van der Waals surface area (Å²) in [6.45, 7) is 3.60. The van der Waals surface area contributed by atoms with E-state index >= 15 is 0 Å². The summed E-state index contributed by atoms with van der Waals surface area (Å²) in [4.78, 5) is 0. The molecule has 1 saturated carbocycles. The minimum absolute atomic E-state index is 0.278. The average Bonchev–Trinajstić information content (AvgIpc) is 2.56. The van der Waals surface area contributed by atoms with Gasteiger partial charge in [0.2, 0.25) is 0 Å². The zero-order chi connectivity index (χ0) is 11.8. The van der Waals surface area contributed by atoms with E-state index in [1.54, 1.807) is 11.8 Å². The summed E-state index contributed by atoms with van der Waals surface area (Å²) in [6, 6.07) is 0.420. The van der Waals surface area contributed by atoms with Crippen LogP contribution in [-0.4, -0.2) is 35.8 Å². The van der Waals surface area contributed by atoms with Gasteiger partial charge >= 0.3 is 0 Å². The van der Waals surface area contributed by atoms with Gasteiger partial charge in [0.05, 0.1) is 6.61 Å². The van der Waals surface area contributed by atoms with Gasteiger partial charge in [0, 0.05) is 11.3 Å². The van der Waals surface area contributed by atoms with Crippen molar-refractivity contribution in [2.75, 3.05) is 19.4 Å². The highest BCUT2D eigenvalue weighted by Crippen LogP contribution is 2.22. The van der Waals surface area contributed by atoms with E-state index in [-0.39, 0.29) is 6.61 Å². The Morgan fingerprint density at radius 1 is 1.25 bits per heavy atom.